The number of halogens is 2. The molecule has 1 saturated carbocycles. The van der Waals surface area contributed by atoms with Gasteiger partial charge in [-0.2, -0.15) is 0 Å². The third kappa shape index (κ3) is 4.43. The molecule has 5 nitrogen and oxygen atoms in total. The third-order valence-electron chi connectivity index (χ3n) is 5.09. The number of carbonyl (C=O) groups excluding carboxylic acids is 2. The van der Waals surface area contributed by atoms with Crippen LogP contribution in [0.2, 0.25) is 0 Å². The van der Waals surface area contributed by atoms with Crippen molar-refractivity contribution in [3.63, 3.8) is 0 Å². The number of aliphatic hydroxyl groups excluding tert-OH is 1. The summed E-state index contributed by atoms with van der Waals surface area (Å²) in [6.45, 7) is 2.94. The molecule has 0 radical (unpaired) electrons. The minimum atomic E-state index is -3.09. The Labute approximate surface area is 140 Å². The second kappa shape index (κ2) is 7.76. The molecule has 138 valence electrons. The quantitative estimate of drug-likeness (QED) is 0.683. The summed E-state index contributed by atoms with van der Waals surface area (Å²) in [5.74, 6) is -4.53. The maximum Gasteiger partial charge on any atom is 0.306 e. The number of ether oxygens (including phenoxy) is 2. The Morgan fingerprint density at radius 2 is 2.21 bits per heavy atom. The SMILES string of the molecule is CCCCC(F)(F)C(CC[C@@H]1[C@H]2CC(=O)O[C@H]2C[C@H]1O)OC(C)=O. The van der Waals surface area contributed by atoms with Crippen molar-refractivity contribution >= 4 is 11.9 Å². The molecule has 5 atom stereocenters. The number of carbonyl (C=O) groups is 2. The van der Waals surface area contributed by atoms with Crippen LogP contribution < -0.4 is 0 Å². The van der Waals surface area contributed by atoms with E-state index in [-0.39, 0.29) is 49.6 Å². The topological polar surface area (TPSA) is 72.8 Å². The van der Waals surface area contributed by atoms with Crippen molar-refractivity contribution in [1.82, 2.24) is 0 Å². The summed E-state index contributed by atoms with van der Waals surface area (Å²) in [6, 6.07) is 0. The molecular formula is C17H26F2O5. The van der Waals surface area contributed by atoms with Gasteiger partial charge in [0.25, 0.3) is 5.92 Å². The minimum Gasteiger partial charge on any atom is -0.462 e. The highest BCUT2D eigenvalue weighted by atomic mass is 19.3. The monoisotopic (exact) mass is 348 g/mol. The third-order valence-corrected chi connectivity index (χ3v) is 5.09. The number of hydrogen-bond acceptors (Lipinski definition) is 5. The fraction of sp³-hybridized carbons (Fsp3) is 0.882. The van der Waals surface area contributed by atoms with Crippen LogP contribution in [0, 0.1) is 11.8 Å². The van der Waals surface area contributed by atoms with Gasteiger partial charge in [-0.05, 0) is 25.2 Å². The maximum absolute atomic E-state index is 14.3. The Kier molecular flexibility index (Phi) is 6.17. The van der Waals surface area contributed by atoms with Crippen LogP contribution in [0.1, 0.15) is 58.8 Å². The van der Waals surface area contributed by atoms with Crippen molar-refractivity contribution in [1.29, 1.82) is 0 Å². The number of alkyl halides is 2. The van der Waals surface area contributed by atoms with Gasteiger partial charge in [0.2, 0.25) is 0 Å². The minimum absolute atomic E-state index is 0.0323. The Morgan fingerprint density at radius 3 is 2.83 bits per heavy atom. The van der Waals surface area contributed by atoms with Crippen LogP contribution >= 0.6 is 0 Å². The van der Waals surface area contributed by atoms with Crippen LogP contribution in [0.25, 0.3) is 0 Å². The van der Waals surface area contributed by atoms with Crippen LogP contribution in [0.15, 0.2) is 0 Å². The number of fused-ring (bicyclic) bond motifs is 1. The molecule has 24 heavy (non-hydrogen) atoms. The van der Waals surface area contributed by atoms with Gasteiger partial charge in [-0.1, -0.05) is 13.3 Å². The van der Waals surface area contributed by atoms with E-state index in [2.05, 4.69) is 0 Å². The Hall–Kier alpha value is -1.24. The van der Waals surface area contributed by atoms with Crippen LogP contribution in [0.3, 0.4) is 0 Å². The summed E-state index contributed by atoms with van der Waals surface area (Å²) in [5.41, 5.74) is 0. The van der Waals surface area contributed by atoms with Gasteiger partial charge in [-0.15, -0.1) is 0 Å². The predicted octanol–water partition coefficient (Wildman–Crippen LogP) is 2.84. The van der Waals surface area contributed by atoms with Crippen molar-refractivity contribution in [3.8, 4) is 0 Å². The Bertz CT molecular complexity index is 468. The van der Waals surface area contributed by atoms with Gasteiger partial charge in [0, 0.05) is 25.7 Å². The molecule has 1 N–H and O–H groups in total. The second-order valence-electron chi connectivity index (χ2n) is 6.90. The van der Waals surface area contributed by atoms with Gasteiger partial charge >= 0.3 is 11.9 Å². The summed E-state index contributed by atoms with van der Waals surface area (Å²) >= 11 is 0. The summed E-state index contributed by atoms with van der Waals surface area (Å²) in [7, 11) is 0. The van der Waals surface area contributed by atoms with Crippen molar-refractivity contribution in [2.24, 2.45) is 11.8 Å². The van der Waals surface area contributed by atoms with Crippen LogP contribution in [-0.4, -0.2) is 41.3 Å². The van der Waals surface area contributed by atoms with E-state index in [1.807, 2.05) is 6.92 Å². The summed E-state index contributed by atoms with van der Waals surface area (Å²) in [5, 5.41) is 10.1. The first kappa shape index (κ1) is 19.1. The number of hydrogen-bond donors (Lipinski definition) is 1. The molecule has 2 fully saturated rings. The van der Waals surface area contributed by atoms with Gasteiger partial charge in [0.1, 0.15) is 6.10 Å². The molecule has 7 heteroatoms. The fourth-order valence-electron chi connectivity index (χ4n) is 3.86. The van der Waals surface area contributed by atoms with E-state index in [1.54, 1.807) is 0 Å². The van der Waals surface area contributed by atoms with Crippen LogP contribution in [0.5, 0.6) is 0 Å². The van der Waals surface area contributed by atoms with E-state index in [0.29, 0.717) is 19.3 Å². The van der Waals surface area contributed by atoms with Gasteiger partial charge in [0.15, 0.2) is 6.10 Å². The van der Waals surface area contributed by atoms with Crippen molar-refractivity contribution < 1.29 is 33.0 Å². The zero-order valence-corrected chi connectivity index (χ0v) is 14.2. The predicted molar refractivity (Wildman–Crippen MR) is 81.4 cm³/mol. The molecule has 0 bridgehead atoms. The molecule has 0 aromatic heterocycles. The molecule has 2 aliphatic rings. The van der Waals surface area contributed by atoms with Gasteiger partial charge in [-0.25, -0.2) is 8.78 Å². The molecule has 2 rings (SSSR count). The summed E-state index contributed by atoms with van der Waals surface area (Å²) in [6.07, 6.45) is -1.01. The van der Waals surface area contributed by atoms with E-state index < -0.39 is 24.1 Å². The number of rotatable bonds is 8. The number of unbranched alkanes of at least 4 members (excludes halogenated alkanes) is 1. The molecule has 0 amide bonds. The van der Waals surface area contributed by atoms with E-state index >= 15 is 0 Å². The molecule has 0 spiro atoms. The lowest BCUT2D eigenvalue weighted by Gasteiger charge is -2.28. The number of esters is 2. The van der Waals surface area contributed by atoms with Gasteiger partial charge < -0.3 is 14.6 Å². The van der Waals surface area contributed by atoms with Crippen LogP contribution in [0.4, 0.5) is 8.78 Å². The molecule has 1 heterocycles. The lowest BCUT2D eigenvalue weighted by Crippen LogP contribution is -2.38. The highest BCUT2D eigenvalue weighted by molar-refractivity contribution is 5.72. The average Bonchev–Trinajstić information content (AvgIpc) is 2.96. The van der Waals surface area contributed by atoms with Crippen LogP contribution in [-0.2, 0) is 19.1 Å². The highest BCUT2D eigenvalue weighted by Gasteiger charge is 2.50. The van der Waals surface area contributed by atoms with Gasteiger partial charge in [-0.3, -0.25) is 9.59 Å². The van der Waals surface area contributed by atoms with E-state index in [4.69, 9.17) is 9.47 Å². The maximum atomic E-state index is 14.3. The fourth-order valence-corrected chi connectivity index (χ4v) is 3.86. The largest absolute Gasteiger partial charge is 0.462 e. The van der Waals surface area contributed by atoms with Crippen molar-refractivity contribution in [2.75, 3.05) is 0 Å². The zero-order chi connectivity index (χ0) is 17.9. The van der Waals surface area contributed by atoms with Crippen molar-refractivity contribution in [2.45, 2.75) is 83.0 Å². The highest BCUT2D eigenvalue weighted by Crippen LogP contribution is 2.44. The molecule has 0 aromatic carbocycles. The lowest BCUT2D eigenvalue weighted by atomic mass is 9.86. The van der Waals surface area contributed by atoms with E-state index in [0.717, 1.165) is 6.92 Å². The summed E-state index contributed by atoms with van der Waals surface area (Å²) < 4.78 is 38.7. The summed E-state index contributed by atoms with van der Waals surface area (Å²) in [4.78, 5) is 22.6. The first-order chi connectivity index (χ1) is 11.2. The lowest BCUT2D eigenvalue weighted by molar-refractivity contribution is -0.175. The number of aliphatic hydroxyl groups is 1. The molecule has 1 aliphatic carbocycles. The molecule has 1 saturated heterocycles. The zero-order valence-electron chi connectivity index (χ0n) is 14.2. The average molecular weight is 348 g/mol. The molecule has 1 unspecified atom stereocenters. The van der Waals surface area contributed by atoms with E-state index in [9.17, 15) is 23.5 Å². The standard InChI is InChI=1S/C17H26F2O5/c1-3-4-7-17(18,19)15(23-10(2)20)6-5-11-12-8-16(22)24-14(12)9-13(11)21/h11-15,21H,3-9H2,1-2H3/t11-,12-,13-,14+,15?/m1/s1. The second-order valence-corrected chi connectivity index (χ2v) is 6.90. The Balaban J connectivity index is 1.99. The van der Waals surface area contributed by atoms with Gasteiger partial charge in [0.05, 0.1) is 12.5 Å². The normalized spacial score (nSPS) is 30.8. The smallest absolute Gasteiger partial charge is 0.306 e. The van der Waals surface area contributed by atoms with E-state index in [1.165, 1.54) is 0 Å². The first-order valence-corrected chi connectivity index (χ1v) is 8.67. The molecule has 0 aromatic rings. The Morgan fingerprint density at radius 1 is 1.50 bits per heavy atom. The molecule has 1 aliphatic heterocycles. The first-order valence-electron chi connectivity index (χ1n) is 8.67. The molecular weight excluding hydrogens is 322 g/mol. The van der Waals surface area contributed by atoms with Crippen molar-refractivity contribution in [3.05, 3.63) is 0 Å².